The van der Waals surface area contributed by atoms with Crippen molar-refractivity contribution in [3.63, 3.8) is 0 Å². The average molecular weight is 255 g/mol. The summed E-state index contributed by atoms with van der Waals surface area (Å²) in [6, 6.07) is 5.25. The lowest BCUT2D eigenvalue weighted by Crippen LogP contribution is -2.30. The highest BCUT2D eigenvalue weighted by molar-refractivity contribution is 6.32. The van der Waals surface area contributed by atoms with E-state index in [1.165, 1.54) is 0 Å². The fourth-order valence-electron chi connectivity index (χ4n) is 1.91. The molecule has 17 heavy (non-hydrogen) atoms. The fourth-order valence-corrected chi connectivity index (χ4v) is 2.10. The van der Waals surface area contributed by atoms with Gasteiger partial charge in [0, 0.05) is 25.3 Å². The summed E-state index contributed by atoms with van der Waals surface area (Å²) < 4.78 is 5.13. The molecular formula is C12H15ClN2O2. The number of rotatable bonds is 3. The highest BCUT2D eigenvalue weighted by Crippen LogP contribution is 2.28. The van der Waals surface area contributed by atoms with E-state index in [0.29, 0.717) is 10.8 Å². The molecule has 1 amide bonds. The van der Waals surface area contributed by atoms with Gasteiger partial charge in [0.2, 0.25) is 5.91 Å². The zero-order chi connectivity index (χ0) is 12.4. The third-order valence-electron chi connectivity index (χ3n) is 2.92. The van der Waals surface area contributed by atoms with Gasteiger partial charge in [-0.3, -0.25) is 4.79 Å². The van der Waals surface area contributed by atoms with Gasteiger partial charge in [-0.05, 0) is 18.6 Å². The molecule has 1 aliphatic rings. The zero-order valence-corrected chi connectivity index (χ0v) is 10.6. The van der Waals surface area contributed by atoms with E-state index >= 15 is 0 Å². The molecule has 2 rings (SSSR count). The highest BCUT2D eigenvalue weighted by Gasteiger charge is 2.28. The van der Waals surface area contributed by atoms with Crippen molar-refractivity contribution in [2.24, 2.45) is 0 Å². The Morgan fingerprint density at radius 3 is 2.88 bits per heavy atom. The number of hydrogen-bond donors (Lipinski definition) is 1. The van der Waals surface area contributed by atoms with Gasteiger partial charge in [-0.2, -0.15) is 0 Å². The molecule has 0 spiro atoms. The number of carbonyl (C=O) groups excluding carboxylic acids is 1. The van der Waals surface area contributed by atoms with E-state index in [9.17, 15) is 4.79 Å². The summed E-state index contributed by atoms with van der Waals surface area (Å²) in [6.07, 6.45) is 0.820. The van der Waals surface area contributed by atoms with Crippen LogP contribution in [-0.4, -0.2) is 37.6 Å². The van der Waals surface area contributed by atoms with Crippen molar-refractivity contribution in [3.05, 3.63) is 23.2 Å². The molecule has 92 valence electrons. The number of ether oxygens (including phenoxy) is 1. The van der Waals surface area contributed by atoms with Crippen LogP contribution in [0.25, 0.3) is 0 Å². The Balaban J connectivity index is 2.11. The van der Waals surface area contributed by atoms with Crippen LogP contribution in [0, 0.1) is 0 Å². The molecule has 0 bridgehead atoms. The van der Waals surface area contributed by atoms with Crippen LogP contribution in [0.3, 0.4) is 0 Å². The molecule has 5 heteroatoms. The molecule has 0 aromatic heterocycles. The summed E-state index contributed by atoms with van der Waals surface area (Å²) in [5.41, 5.74) is 0.847. The molecule has 1 unspecified atom stereocenters. The van der Waals surface area contributed by atoms with Crippen LogP contribution in [0.15, 0.2) is 18.2 Å². The van der Waals surface area contributed by atoms with Gasteiger partial charge >= 0.3 is 0 Å². The minimum absolute atomic E-state index is 0.124. The number of anilines is 1. The highest BCUT2D eigenvalue weighted by atomic mass is 35.5. The van der Waals surface area contributed by atoms with Crippen LogP contribution in [0.4, 0.5) is 5.69 Å². The second-order valence-electron chi connectivity index (χ2n) is 4.09. The molecule has 4 nitrogen and oxygen atoms in total. The predicted octanol–water partition coefficient (Wildman–Crippen LogP) is 1.99. The Morgan fingerprint density at radius 1 is 1.53 bits per heavy atom. The topological polar surface area (TPSA) is 41.6 Å². The van der Waals surface area contributed by atoms with E-state index in [1.807, 2.05) is 13.1 Å². The van der Waals surface area contributed by atoms with E-state index in [2.05, 4.69) is 5.32 Å². The van der Waals surface area contributed by atoms with E-state index in [0.717, 1.165) is 18.7 Å². The third-order valence-corrected chi connectivity index (χ3v) is 3.23. The quantitative estimate of drug-likeness (QED) is 0.897. The lowest BCUT2D eigenvalue weighted by molar-refractivity contribution is -0.127. The summed E-state index contributed by atoms with van der Waals surface area (Å²) in [7, 11) is 3.38. The van der Waals surface area contributed by atoms with E-state index in [4.69, 9.17) is 16.3 Å². The van der Waals surface area contributed by atoms with Crippen molar-refractivity contribution in [2.75, 3.05) is 26.0 Å². The van der Waals surface area contributed by atoms with Gasteiger partial charge < -0.3 is 15.0 Å². The molecule has 0 saturated carbocycles. The third kappa shape index (κ3) is 2.47. The van der Waals surface area contributed by atoms with E-state index < -0.39 is 0 Å². The van der Waals surface area contributed by atoms with Crippen molar-refractivity contribution < 1.29 is 9.53 Å². The second kappa shape index (κ2) is 4.84. The van der Waals surface area contributed by atoms with Crippen LogP contribution < -0.4 is 10.1 Å². The Bertz CT molecular complexity index is 437. The van der Waals surface area contributed by atoms with Crippen molar-refractivity contribution >= 4 is 23.2 Å². The molecule has 1 aromatic carbocycles. The normalized spacial score (nSPS) is 19.6. The minimum atomic E-state index is -0.147. The Morgan fingerprint density at radius 2 is 2.29 bits per heavy atom. The number of benzene rings is 1. The number of methoxy groups -OCH3 is 1. The fraction of sp³-hybridized carbons (Fsp3) is 0.417. The molecule has 1 N–H and O–H groups in total. The van der Waals surface area contributed by atoms with Crippen molar-refractivity contribution in [3.8, 4) is 5.75 Å². The first-order valence-electron chi connectivity index (χ1n) is 5.47. The van der Waals surface area contributed by atoms with Gasteiger partial charge in [-0.25, -0.2) is 0 Å². The number of likely N-dealkylation sites (tertiary alicyclic amines) is 1. The number of nitrogens with zero attached hydrogens (tertiary/aromatic N) is 1. The second-order valence-corrected chi connectivity index (χ2v) is 4.50. The molecule has 1 atom stereocenters. The molecule has 1 heterocycles. The van der Waals surface area contributed by atoms with Crippen molar-refractivity contribution in [1.82, 2.24) is 4.90 Å². The van der Waals surface area contributed by atoms with Gasteiger partial charge in [0.05, 0.1) is 12.1 Å². The Kier molecular flexibility index (Phi) is 3.43. The van der Waals surface area contributed by atoms with Crippen LogP contribution in [0.5, 0.6) is 5.75 Å². The van der Waals surface area contributed by atoms with E-state index in [1.54, 1.807) is 24.1 Å². The maximum Gasteiger partial charge on any atom is 0.244 e. The van der Waals surface area contributed by atoms with Gasteiger partial charge in [-0.1, -0.05) is 11.6 Å². The summed E-state index contributed by atoms with van der Waals surface area (Å²) in [6.45, 7) is 0.793. The molecular weight excluding hydrogens is 240 g/mol. The standard InChI is InChI=1S/C12H15ClN2O2/c1-15-6-5-10(12(15)16)14-8-3-4-9(13)11(7-8)17-2/h3-4,7,10,14H,5-6H2,1-2H3. The summed E-state index contributed by atoms with van der Waals surface area (Å²) in [4.78, 5) is 13.5. The van der Waals surface area contributed by atoms with Gasteiger partial charge in [0.15, 0.2) is 0 Å². The number of carbonyl (C=O) groups is 1. The SMILES string of the molecule is COc1cc(NC2CCN(C)C2=O)ccc1Cl. The summed E-state index contributed by atoms with van der Waals surface area (Å²) in [5, 5.41) is 3.76. The minimum Gasteiger partial charge on any atom is -0.495 e. The lowest BCUT2D eigenvalue weighted by atomic mass is 10.2. The molecule has 0 radical (unpaired) electrons. The van der Waals surface area contributed by atoms with E-state index in [-0.39, 0.29) is 11.9 Å². The molecule has 1 fully saturated rings. The van der Waals surface area contributed by atoms with Crippen molar-refractivity contribution in [1.29, 1.82) is 0 Å². The first-order chi connectivity index (χ1) is 8.11. The van der Waals surface area contributed by atoms with Crippen LogP contribution in [-0.2, 0) is 4.79 Å². The maximum absolute atomic E-state index is 11.7. The average Bonchev–Trinajstić information content (AvgIpc) is 2.63. The van der Waals surface area contributed by atoms with Gasteiger partial charge in [0.1, 0.15) is 11.8 Å². The smallest absolute Gasteiger partial charge is 0.244 e. The van der Waals surface area contributed by atoms with Gasteiger partial charge in [0.25, 0.3) is 0 Å². The number of likely N-dealkylation sites (N-methyl/N-ethyl adjacent to an activating group) is 1. The van der Waals surface area contributed by atoms with Crippen molar-refractivity contribution in [2.45, 2.75) is 12.5 Å². The number of amides is 1. The molecule has 1 saturated heterocycles. The van der Waals surface area contributed by atoms with Crippen LogP contribution in [0.2, 0.25) is 5.02 Å². The molecule has 1 aliphatic heterocycles. The lowest BCUT2D eigenvalue weighted by Gasteiger charge is -2.14. The van der Waals surface area contributed by atoms with Gasteiger partial charge in [-0.15, -0.1) is 0 Å². The first kappa shape index (κ1) is 12.0. The first-order valence-corrected chi connectivity index (χ1v) is 5.84. The number of nitrogens with one attached hydrogen (secondary N) is 1. The maximum atomic E-state index is 11.7. The monoisotopic (exact) mass is 254 g/mol. The van der Waals surface area contributed by atoms with Crippen LogP contribution in [0.1, 0.15) is 6.42 Å². The summed E-state index contributed by atoms with van der Waals surface area (Å²) >= 11 is 5.94. The molecule has 0 aliphatic carbocycles. The van der Waals surface area contributed by atoms with Crippen LogP contribution >= 0.6 is 11.6 Å². The number of halogens is 1. The number of hydrogen-bond acceptors (Lipinski definition) is 3. The Hall–Kier alpha value is -1.42. The largest absolute Gasteiger partial charge is 0.495 e. The predicted molar refractivity (Wildman–Crippen MR) is 67.7 cm³/mol. The molecule has 1 aromatic rings. The summed E-state index contributed by atoms with van der Waals surface area (Å²) in [5.74, 6) is 0.731. The Labute approximate surface area is 106 Å². The zero-order valence-electron chi connectivity index (χ0n) is 9.87.